The molecule has 0 saturated carbocycles. The number of benzene rings is 2. The van der Waals surface area contributed by atoms with Gasteiger partial charge in [-0.1, -0.05) is 24.3 Å². The largest absolute Gasteiger partial charge is 0.497 e. The number of halogens is 3. The minimum absolute atomic E-state index is 0.0532. The van der Waals surface area contributed by atoms with E-state index in [4.69, 9.17) is 9.84 Å². The quantitative estimate of drug-likeness (QED) is 0.929. The summed E-state index contributed by atoms with van der Waals surface area (Å²) in [4.78, 5) is 10.7. The topological polar surface area (TPSA) is 46.5 Å². The van der Waals surface area contributed by atoms with Crippen LogP contribution in [0.3, 0.4) is 0 Å². The molecule has 0 aliphatic carbocycles. The van der Waals surface area contributed by atoms with Gasteiger partial charge in [0.05, 0.1) is 19.4 Å². The Morgan fingerprint density at radius 1 is 1.19 bits per heavy atom. The maximum absolute atomic E-state index is 13.0. The van der Waals surface area contributed by atoms with E-state index in [-0.39, 0.29) is 5.56 Å². The zero-order valence-electron chi connectivity index (χ0n) is 11.1. The van der Waals surface area contributed by atoms with E-state index in [0.717, 1.165) is 5.39 Å². The predicted molar refractivity (Wildman–Crippen MR) is 71.5 cm³/mol. The van der Waals surface area contributed by atoms with Gasteiger partial charge in [-0.05, 0) is 28.5 Å². The van der Waals surface area contributed by atoms with Gasteiger partial charge in [0.15, 0.2) is 0 Å². The highest BCUT2D eigenvalue weighted by molar-refractivity contribution is 5.84. The molecule has 1 unspecified atom stereocenters. The molecule has 0 bridgehead atoms. The standard InChI is InChI=1S/C15H13F3O3/c1-21-12-5-4-9-6-11(3-2-10(9)7-12)13(8-14(19)20)15(16,17)18/h2-7,13H,8H2,1H3,(H,19,20). The van der Waals surface area contributed by atoms with Crippen LogP contribution >= 0.6 is 0 Å². The first-order valence-corrected chi connectivity index (χ1v) is 6.17. The van der Waals surface area contributed by atoms with Crippen molar-refractivity contribution in [2.45, 2.75) is 18.5 Å². The molecule has 0 fully saturated rings. The Morgan fingerprint density at radius 2 is 1.81 bits per heavy atom. The van der Waals surface area contributed by atoms with Crippen molar-refractivity contribution in [2.24, 2.45) is 0 Å². The first-order chi connectivity index (χ1) is 9.81. The number of carbonyl (C=O) groups is 1. The number of ether oxygens (including phenoxy) is 1. The van der Waals surface area contributed by atoms with Crippen molar-refractivity contribution in [2.75, 3.05) is 7.11 Å². The Kier molecular flexibility index (Phi) is 4.06. The Hall–Kier alpha value is -2.24. The van der Waals surface area contributed by atoms with Crippen LogP contribution in [0.2, 0.25) is 0 Å². The zero-order chi connectivity index (χ0) is 15.6. The maximum Gasteiger partial charge on any atom is 0.396 e. The number of methoxy groups -OCH3 is 1. The molecule has 2 rings (SSSR count). The molecule has 0 aliphatic heterocycles. The monoisotopic (exact) mass is 298 g/mol. The van der Waals surface area contributed by atoms with Crippen LogP contribution in [0.15, 0.2) is 36.4 Å². The molecular formula is C15H13F3O3. The van der Waals surface area contributed by atoms with E-state index in [1.807, 2.05) is 0 Å². The van der Waals surface area contributed by atoms with E-state index in [0.29, 0.717) is 11.1 Å². The summed E-state index contributed by atoms with van der Waals surface area (Å²) in [6.45, 7) is 0. The number of carboxylic acids is 1. The highest BCUT2D eigenvalue weighted by atomic mass is 19.4. The highest BCUT2D eigenvalue weighted by Crippen LogP contribution is 2.38. The van der Waals surface area contributed by atoms with E-state index in [2.05, 4.69) is 0 Å². The Balaban J connectivity index is 2.46. The third kappa shape index (κ3) is 3.45. The van der Waals surface area contributed by atoms with Gasteiger partial charge in [-0.2, -0.15) is 13.2 Å². The molecular weight excluding hydrogens is 285 g/mol. The number of carboxylic acid groups (broad SMARTS) is 1. The molecule has 0 aliphatic rings. The molecule has 2 aromatic carbocycles. The summed E-state index contributed by atoms with van der Waals surface area (Å²) in [6, 6.07) is 9.21. The third-order valence-corrected chi connectivity index (χ3v) is 3.25. The summed E-state index contributed by atoms with van der Waals surface area (Å²) in [5.41, 5.74) is -0.0532. The van der Waals surface area contributed by atoms with Crippen LogP contribution < -0.4 is 4.74 Å². The smallest absolute Gasteiger partial charge is 0.396 e. The lowest BCUT2D eigenvalue weighted by Crippen LogP contribution is -2.23. The molecule has 0 saturated heterocycles. The average molecular weight is 298 g/mol. The minimum atomic E-state index is -4.60. The van der Waals surface area contributed by atoms with Crippen LogP contribution in [0.5, 0.6) is 5.75 Å². The molecule has 1 atom stereocenters. The lowest BCUT2D eigenvalue weighted by Gasteiger charge is -2.19. The minimum Gasteiger partial charge on any atom is -0.497 e. The van der Waals surface area contributed by atoms with E-state index in [9.17, 15) is 18.0 Å². The second-order valence-corrected chi connectivity index (χ2v) is 4.66. The second kappa shape index (κ2) is 5.63. The number of fused-ring (bicyclic) bond motifs is 1. The van der Waals surface area contributed by atoms with Gasteiger partial charge in [-0.15, -0.1) is 0 Å². The van der Waals surface area contributed by atoms with Gasteiger partial charge in [0.1, 0.15) is 5.75 Å². The molecule has 1 N–H and O–H groups in total. The van der Waals surface area contributed by atoms with Gasteiger partial charge in [0.2, 0.25) is 0 Å². The molecule has 3 nitrogen and oxygen atoms in total. The van der Waals surface area contributed by atoms with Crippen LogP contribution in [-0.2, 0) is 4.79 Å². The summed E-state index contributed by atoms with van der Waals surface area (Å²) in [5, 5.41) is 10.0. The van der Waals surface area contributed by atoms with Crippen molar-refractivity contribution in [1.29, 1.82) is 0 Å². The predicted octanol–water partition coefficient (Wildman–Crippen LogP) is 3.97. The maximum atomic E-state index is 13.0. The average Bonchev–Trinajstić information content (AvgIpc) is 2.42. The van der Waals surface area contributed by atoms with Gasteiger partial charge in [-0.25, -0.2) is 0 Å². The Bertz CT molecular complexity index is 665. The van der Waals surface area contributed by atoms with Crippen molar-refractivity contribution in [1.82, 2.24) is 0 Å². The molecule has 0 aromatic heterocycles. The van der Waals surface area contributed by atoms with Crippen LogP contribution in [0.25, 0.3) is 10.8 Å². The van der Waals surface area contributed by atoms with Gasteiger partial charge in [0.25, 0.3) is 0 Å². The lowest BCUT2D eigenvalue weighted by molar-refractivity contribution is -0.163. The van der Waals surface area contributed by atoms with Gasteiger partial charge >= 0.3 is 12.1 Å². The van der Waals surface area contributed by atoms with Gasteiger partial charge in [0, 0.05) is 0 Å². The number of hydrogen-bond donors (Lipinski definition) is 1. The molecule has 0 spiro atoms. The van der Waals surface area contributed by atoms with E-state index < -0.39 is 24.5 Å². The summed E-state index contributed by atoms with van der Waals surface area (Å²) < 4.78 is 44.1. The van der Waals surface area contributed by atoms with E-state index in [1.54, 1.807) is 18.2 Å². The Labute approximate surface area is 119 Å². The van der Waals surface area contributed by atoms with Crippen LogP contribution in [0, 0.1) is 0 Å². The summed E-state index contributed by atoms with van der Waals surface area (Å²) in [6.07, 6.45) is -5.58. The molecule has 21 heavy (non-hydrogen) atoms. The van der Waals surface area contributed by atoms with Crippen molar-refractivity contribution in [3.05, 3.63) is 42.0 Å². The fourth-order valence-corrected chi connectivity index (χ4v) is 2.18. The summed E-state index contributed by atoms with van der Waals surface area (Å²) >= 11 is 0. The fraction of sp³-hybridized carbons (Fsp3) is 0.267. The lowest BCUT2D eigenvalue weighted by atomic mass is 9.93. The number of aliphatic carboxylic acids is 1. The molecule has 2 aromatic rings. The van der Waals surface area contributed by atoms with E-state index in [1.165, 1.54) is 25.3 Å². The number of rotatable bonds is 4. The molecule has 0 amide bonds. The van der Waals surface area contributed by atoms with Crippen molar-refractivity contribution < 1.29 is 27.8 Å². The molecule has 112 valence electrons. The summed E-state index contributed by atoms with van der Waals surface area (Å²) in [7, 11) is 1.50. The first kappa shape index (κ1) is 15.2. The van der Waals surface area contributed by atoms with Crippen LogP contribution in [-0.4, -0.2) is 24.4 Å². The van der Waals surface area contributed by atoms with Crippen LogP contribution in [0.1, 0.15) is 17.9 Å². The fourth-order valence-electron chi connectivity index (χ4n) is 2.18. The zero-order valence-corrected chi connectivity index (χ0v) is 11.1. The van der Waals surface area contributed by atoms with E-state index >= 15 is 0 Å². The second-order valence-electron chi connectivity index (χ2n) is 4.66. The molecule has 0 heterocycles. The summed E-state index contributed by atoms with van der Waals surface area (Å²) in [5.74, 6) is -2.89. The Morgan fingerprint density at radius 3 is 2.38 bits per heavy atom. The number of alkyl halides is 3. The van der Waals surface area contributed by atoms with Gasteiger partial charge in [-0.3, -0.25) is 4.79 Å². The normalized spacial score (nSPS) is 13.1. The van der Waals surface area contributed by atoms with Crippen LogP contribution in [0.4, 0.5) is 13.2 Å². The number of hydrogen-bond acceptors (Lipinski definition) is 2. The van der Waals surface area contributed by atoms with Gasteiger partial charge < -0.3 is 9.84 Å². The van der Waals surface area contributed by atoms with Crippen molar-refractivity contribution in [3.8, 4) is 5.75 Å². The SMILES string of the molecule is COc1ccc2cc(C(CC(=O)O)C(F)(F)F)ccc2c1. The molecule has 6 heteroatoms. The first-order valence-electron chi connectivity index (χ1n) is 6.17. The highest BCUT2D eigenvalue weighted by Gasteiger charge is 2.42. The van der Waals surface area contributed by atoms with Crippen molar-refractivity contribution in [3.63, 3.8) is 0 Å². The third-order valence-electron chi connectivity index (χ3n) is 3.25. The van der Waals surface area contributed by atoms with Crippen molar-refractivity contribution >= 4 is 16.7 Å². The molecule has 0 radical (unpaired) electrons.